The maximum atomic E-state index is 8.53. The van der Waals surface area contributed by atoms with Crippen LogP contribution >= 0.6 is 23.5 Å². The molecule has 1 aromatic rings. The Morgan fingerprint density at radius 3 is 2.90 bits per heavy atom. The standard InChI is InChI=1S/C14H22N4OS2/c1-4-18(2)9-12-5-6-13(19-12)10-21-8-7-16-14(20-3)17-11-15/h5-6H,4,7-10H2,1-3H3,(H,16,17). The molecule has 7 heteroatoms. The number of hydrogen-bond donors (Lipinski definition) is 1. The van der Waals surface area contributed by atoms with Crippen LogP contribution in [0.15, 0.2) is 21.5 Å². The molecule has 1 N–H and O–H groups in total. The van der Waals surface area contributed by atoms with E-state index in [1.807, 2.05) is 24.6 Å². The van der Waals surface area contributed by atoms with Crippen LogP contribution in [0.25, 0.3) is 0 Å². The Kier molecular flexibility index (Phi) is 9.06. The molecule has 1 aromatic heterocycles. The van der Waals surface area contributed by atoms with Gasteiger partial charge in [0.15, 0.2) is 11.4 Å². The predicted molar refractivity (Wildman–Crippen MR) is 91.4 cm³/mol. The Labute approximate surface area is 135 Å². The zero-order valence-electron chi connectivity index (χ0n) is 12.8. The summed E-state index contributed by atoms with van der Waals surface area (Å²) < 4.78 is 5.79. The van der Waals surface area contributed by atoms with Gasteiger partial charge in [0, 0.05) is 5.75 Å². The molecule has 1 rings (SSSR count). The van der Waals surface area contributed by atoms with Crippen LogP contribution in [0.1, 0.15) is 18.4 Å². The Balaban J connectivity index is 2.25. The van der Waals surface area contributed by atoms with Gasteiger partial charge in [-0.1, -0.05) is 18.7 Å². The highest BCUT2D eigenvalue weighted by atomic mass is 32.2. The van der Waals surface area contributed by atoms with Gasteiger partial charge in [-0.15, -0.1) is 0 Å². The monoisotopic (exact) mass is 326 g/mol. The molecule has 21 heavy (non-hydrogen) atoms. The number of nitrogens with zero attached hydrogens (tertiary/aromatic N) is 3. The predicted octanol–water partition coefficient (Wildman–Crippen LogP) is 2.75. The molecule has 0 fully saturated rings. The number of aliphatic imine (C=N–C) groups is 1. The molecule has 0 atom stereocenters. The molecule has 0 spiro atoms. The quantitative estimate of drug-likeness (QED) is 0.260. The first-order valence-electron chi connectivity index (χ1n) is 6.77. The fourth-order valence-corrected chi connectivity index (χ4v) is 2.64. The van der Waals surface area contributed by atoms with E-state index in [1.165, 1.54) is 11.8 Å². The van der Waals surface area contributed by atoms with Crippen molar-refractivity contribution in [3.05, 3.63) is 23.7 Å². The lowest BCUT2D eigenvalue weighted by Crippen LogP contribution is -2.16. The van der Waals surface area contributed by atoms with Crippen molar-refractivity contribution in [1.29, 1.82) is 5.26 Å². The van der Waals surface area contributed by atoms with Crippen molar-refractivity contribution in [2.24, 2.45) is 4.99 Å². The van der Waals surface area contributed by atoms with E-state index >= 15 is 0 Å². The minimum atomic E-state index is 0.668. The minimum Gasteiger partial charge on any atom is -0.464 e. The highest BCUT2D eigenvalue weighted by molar-refractivity contribution is 8.13. The first-order chi connectivity index (χ1) is 10.2. The van der Waals surface area contributed by atoms with Crippen LogP contribution in [0.2, 0.25) is 0 Å². The summed E-state index contributed by atoms with van der Waals surface area (Å²) >= 11 is 3.22. The van der Waals surface area contributed by atoms with Gasteiger partial charge in [-0.3, -0.25) is 15.2 Å². The van der Waals surface area contributed by atoms with Crippen molar-refractivity contribution < 1.29 is 4.42 Å². The summed E-state index contributed by atoms with van der Waals surface area (Å²) in [5.41, 5.74) is 0. The summed E-state index contributed by atoms with van der Waals surface area (Å²) in [6.07, 6.45) is 3.78. The molecule has 0 aromatic carbocycles. The van der Waals surface area contributed by atoms with E-state index in [0.717, 1.165) is 36.1 Å². The molecular formula is C14H22N4OS2. The number of rotatable bonds is 8. The second-order valence-corrected chi connectivity index (χ2v) is 6.28. The molecule has 0 aliphatic carbocycles. The minimum absolute atomic E-state index is 0.668. The van der Waals surface area contributed by atoms with Crippen molar-refractivity contribution in [3.63, 3.8) is 0 Å². The molecule has 1 heterocycles. The van der Waals surface area contributed by atoms with Crippen molar-refractivity contribution >= 4 is 28.7 Å². The van der Waals surface area contributed by atoms with E-state index in [1.54, 1.807) is 11.8 Å². The third-order valence-electron chi connectivity index (χ3n) is 2.77. The Bertz CT molecular complexity index is 482. The molecule has 0 amide bonds. The van der Waals surface area contributed by atoms with Crippen molar-refractivity contribution in [1.82, 2.24) is 10.2 Å². The van der Waals surface area contributed by atoms with Gasteiger partial charge in [-0.2, -0.15) is 17.0 Å². The molecule has 0 bridgehead atoms. The van der Waals surface area contributed by atoms with Crippen molar-refractivity contribution in [2.45, 2.75) is 19.2 Å². The van der Waals surface area contributed by atoms with E-state index in [0.29, 0.717) is 11.7 Å². The fraction of sp³-hybridized carbons (Fsp3) is 0.571. The molecule has 0 unspecified atom stereocenters. The van der Waals surface area contributed by atoms with Crippen LogP contribution in [-0.4, -0.2) is 42.2 Å². The Morgan fingerprint density at radius 1 is 1.48 bits per heavy atom. The van der Waals surface area contributed by atoms with E-state index in [4.69, 9.17) is 9.68 Å². The zero-order valence-corrected chi connectivity index (χ0v) is 14.4. The average Bonchev–Trinajstić information content (AvgIpc) is 2.93. The van der Waals surface area contributed by atoms with Gasteiger partial charge in [0.05, 0.1) is 18.8 Å². The van der Waals surface area contributed by atoms with Crippen LogP contribution in [0, 0.1) is 11.5 Å². The lowest BCUT2D eigenvalue weighted by atomic mass is 10.4. The number of furan rings is 1. The van der Waals surface area contributed by atoms with Crippen LogP contribution in [0.4, 0.5) is 0 Å². The van der Waals surface area contributed by atoms with Crippen LogP contribution in [0.5, 0.6) is 0 Å². The van der Waals surface area contributed by atoms with Gasteiger partial charge in [-0.25, -0.2) is 0 Å². The lowest BCUT2D eigenvalue weighted by molar-refractivity contribution is 0.305. The second-order valence-electron chi connectivity index (χ2n) is 4.38. The number of amidine groups is 1. The Morgan fingerprint density at radius 2 is 2.24 bits per heavy atom. The number of hydrogen-bond acceptors (Lipinski definition) is 6. The van der Waals surface area contributed by atoms with E-state index < -0.39 is 0 Å². The number of thioether (sulfide) groups is 2. The third-order valence-corrected chi connectivity index (χ3v) is 4.35. The summed E-state index contributed by atoms with van der Waals surface area (Å²) in [6.45, 7) is 4.69. The Hall–Kier alpha value is -1.10. The maximum absolute atomic E-state index is 8.53. The molecule has 5 nitrogen and oxygen atoms in total. The number of nitrogens with one attached hydrogen (secondary N) is 1. The van der Waals surface area contributed by atoms with Gasteiger partial charge in [0.1, 0.15) is 11.5 Å². The topological polar surface area (TPSA) is 64.6 Å². The van der Waals surface area contributed by atoms with E-state index in [9.17, 15) is 0 Å². The van der Waals surface area contributed by atoms with Crippen LogP contribution in [0.3, 0.4) is 0 Å². The third kappa shape index (κ3) is 7.46. The summed E-state index contributed by atoms with van der Waals surface area (Å²) in [6, 6.07) is 4.09. The first kappa shape index (κ1) is 18.0. The molecule has 116 valence electrons. The number of nitriles is 1. The normalized spacial score (nSPS) is 11.7. The fourth-order valence-electron chi connectivity index (χ4n) is 1.55. The smallest absolute Gasteiger partial charge is 0.183 e. The van der Waals surface area contributed by atoms with Gasteiger partial charge >= 0.3 is 0 Å². The molecule has 0 saturated carbocycles. The summed E-state index contributed by atoms with van der Waals surface area (Å²) in [7, 11) is 2.08. The summed E-state index contributed by atoms with van der Waals surface area (Å²) in [4.78, 5) is 6.51. The van der Waals surface area contributed by atoms with E-state index in [2.05, 4.69) is 29.2 Å². The van der Waals surface area contributed by atoms with Crippen LogP contribution in [-0.2, 0) is 12.3 Å². The van der Waals surface area contributed by atoms with E-state index in [-0.39, 0.29) is 0 Å². The molecular weight excluding hydrogens is 304 g/mol. The van der Waals surface area contributed by atoms with Gasteiger partial charge in [0.25, 0.3) is 0 Å². The zero-order chi connectivity index (χ0) is 15.5. The lowest BCUT2D eigenvalue weighted by Gasteiger charge is -2.10. The molecule has 0 radical (unpaired) electrons. The highest BCUT2D eigenvalue weighted by Crippen LogP contribution is 2.16. The maximum Gasteiger partial charge on any atom is 0.183 e. The van der Waals surface area contributed by atoms with Crippen LogP contribution < -0.4 is 5.32 Å². The summed E-state index contributed by atoms with van der Waals surface area (Å²) in [5, 5.41) is 11.7. The molecule has 0 aliphatic rings. The van der Waals surface area contributed by atoms with Gasteiger partial charge < -0.3 is 4.42 Å². The van der Waals surface area contributed by atoms with Crippen molar-refractivity contribution in [2.75, 3.05) is 32.1 Å². The highest BCUT2D eigenvalue weighted by Gasteiger charge is 2.04. The molecule has 0 saturated heterocycles. The van der Waals surface area contributed by atoms with Gasteiger partial charge in [0.2, 0.25) is 0 Å². The SMILES string of the molecule is CCN(C)Cc1ccc(CSCC/N=C(/NC#N)SC)o1. The van der Waals surface area contributed by atoms with Gasteiger partial charge in [-0.05, 0) is 32.0 Å². The first-order valence-corrected chi connectivity index (χ1v) is 9.15. The van der Waals surface area contributed by atoms with Crippen molar-refractivity contribution in [3.8, 4) is 6.19 Å². The largest absolute Gasteiger partial charge is 0.464 e. The summed E-state index contributed by atoms with van der Waals surface area (Å²) in [5.74, 6) is 3.77. The average molecular weight is 326 g/mol. The second kappa shape index (κ2) is 10.6. The molecule has 0 aliphatic heterocycles.